The number of aromatic nitrogens is 3. The molecule has 0 bridgehead atoms. The number of benzene rings is 1. The van der Waals surface area contributed by atoms with E-state index in [-0.39, 0.29) is 11.7 Å². The normalized spacial score (nSPS) is 10.8. The summed E-state index contributed by atoms with van der Waals surface area (Å²) in [6.07, 6.45) is 1.65. The Morgan fingerprint density at radius 2 is 2.04 bits per heavy atom. The highest BCUT2D eigenvalue weighted by Crippen LogP contribution is 2.20. The molecular formula is C17H18FN5O. The summed E-state index contributed by atoms with van der Waals surface area (Å²) >= 11 is 0. The molecule has 0 unspecified atom stereocenters. The molecule has 0 saturated heterocycles. The molecular weight excluding hydrogens is 309 g/mol. The second kappa shape index (κ2) is 6.27. The van der Waals surface area contributed by atoms with Crippen molar-refractivity contribution in [1.29, 1.82) is 0 Å². The number of nitrogens with zero attached hydrogens (tertiary/aromatic N) is 4. The Hall–Kier alpha value is -2.96. The molecule has 6 nitrogen and oxygen atoms in total. The van der Waals surface area contributed by atoms with Gasteiger partial charge in [-0.25, -0.2) is 14.4 Å². The number of amides is 1. The summed E-state index contributed by atoms with van der Waals surface area (Å²) in [4.78, 5) is 27.5. The van der Waals surface area contributed by atoms with Gasteiger partial charge >= 0.3 is 0 Å². The first-order valence-electron chi connectivity index (χ1n) is 7.47. The van der Waals surface area contributed by atoms with Crippen LogP contribution < -0.4 is 4.90 Å². The number of rotatable bonds is 4. The number of carbonyl (C=O) groups excluding carboxylic acids is 1. The molecule has 0 aliphatic rings. The first-order chi connectivity index (χ1) is 11.5. The maximum atomic E-state index is 13.3. The molecule has 1 aromatic carbocycles. The van der Waals surface area contributed by atoms with Gasteiger partial charge in [0.1, 0.15) is 17.5 Å². The molecule has 7 heteroatoms. The van der Waals surface area contributed by atoms with Crippen molar-refractivity contribution in [3.63, 3.8) is 0 Å². The van der Waals surface area contributed by atoms with Gasteiger partial charge in [-0.3, -0.25) is 4.79 Å². The summed E-state index contributed by atoms with van der Waals surface area (Å²) in [5.41, 5.74) is 1.86. The van der Waals surface area contributed by atoms with E-state index in [2.05, 4.69) is 15.0 Å². The summed E-state index contributed by atoms with van der Waals surface area (Å²) in [6, 6.07) is 7.90. The van der Waals surface area contributed by atoms with Crippen LogP contribution in [0, 0.1) is 5.82 Å². The zero-order chi connectivity index (χ0) is 17.3. The highest BCUT2D eigenvalue weighted by molar-refractivity contribution is 5.98. The monoisotopic (exact) mass is 327 g/mol. The Kier molecular flexibility index (Phi) is 4.16. The molecule has 0 saturated carbocycles. The van der Waals surface area contributed by atoms with Crippen molar-refractivity contribution in [1.82, 2.24) is 19.9 Å². The van der Waals surface area contributed by atoms with E-state index < -0.39 is 0 Å². The van der Waals surface area contributed by atoms with E-state index in [4.69, 9.17) is 0 Å². The molecule has 24 heavy (non-hydrogen) atoms. The topological polar surface area (TPSA) is 65.1 Å². The number of fused-ring (bicyclic) bond motifs is 1. The number of halogens is 1. The van der Waals surface area contributed by atoms with E-state index in [1.54, 1.807) is 38.5 Å². The van der Waals surface area contributed by atoms with Gasteiger partial charge in [0.15, 0.2) is 0 Å². The first-order valence-corrected chi connectivity index (χ1v) is 7.47. The van der Waals surface area contributed by atoms with Crippen LogP contribution >= 0.6 is 0 Å². The Balaban J connectivity index is 1.89. The smallest absolute Gasteiger partial charge is 0.257 e. The van der Waals surface area contributed by atoms with E-state index >= 15 is 0 Å². The third-order valence-electron chi connectivity index (χ3n) is 3.66. The largest absolute Gasteiger partial charge is 0.352 e. The third-order valence-corrected chi connectivity index (χ3v) is 3.66. The Labute approximate surface area is 138 Å². The van der Waals surface area contributed by atoms with Gasteiger partial charge in [0.25, 0.3) is 5.91 Å². The molecule has 0 aliphatic carbocycles. The van der Waals surface area contributed by atoms with Crippen molar-refractivity contribution in [3.05, 3.63) is 53.7 Å². The molecule has 3 aromatic rings. The second-order valence-corrected chi connectivity index (χ2v) is 5.78. The number of nitrogens with one attached hydrogen (secondary N) is 1. The van der Waals surface area contributed by atoms with Crippen molar-refractivity contribution < 1.29 is 9.18 Å². The number of imidazole rings is 1. The fourth-order valence-electron chi connectivity index (χ4n) is 2.52. The lowest BCUT2D eigenvalue weighted by Crippen LogP contribution is -2.27. The zero-order valence-corrected chi connectivity index (χ0v) is 13.7. The lowest BCUT2D eigenvalue weighted by molar-refractivity contribution is 0.0828. The van der Waals surface area contributed by atoms with Crippen molar-refractivity contribution in [2.75, 3.05) is 26.0 Å². The maximum Gasteiger partial charge on any atom is 0.257 e. The van der Waals surface area contributed by atoms with Crippen LogP contribution in [0.4, 0.5) is 10.2 Å². The van der Waals surface area contributed by atoms with E-state index in [0.717, 1.165) is 0 Å². The van der Waals surface area contributed by atoms with Gasteiger partial charge in [-0.15, -0.1) is 0 Å². The third kappa shape index (κ3) is 3.05. The minimum atomic E-state index is -0.311. The van der Waals surface area contributed by atoms with Crippen LogP contribution in [0.15, 0.2) is 36.5 Å². The van der Waals surface area contributed by atoms with E-state index in [9.17, 15) is 9.18 Å². The predicted octanol–water partition coefficient (Wildman–Crippen LogP) is 2.44. The van der Waals surface area contributed by atoms with E-state index in [1.807, 2.05) is 11.9 Å². The van der Waals surface area contributed by atoms with E-state index in [0.29, 0.717) is 34.8 Å². The molecule has 3 rings (SSSR count). The van der Waals surface area contributed by atoms with Crippen LogP contribution in [0.1, 0.15) is 16.2 Å². The Bertz CT molecular complexity index is 890. The number of carbonyl (C=O) groups is 1. The average molecular weight is 327 g/mol. The molecule has 124 valence electrons. The predicted molar refractivity (Wildman–Crippen MR) is 90.4 cm³/mol. The molecule has 2 aromatic heterocycles. The number of aromatic amines is 1. The summed E-state index contributed by atoms with van der Waals surface area (Å²) in [6.45, 7) is 0.418. The maximum absolute atomic E-state index is 13.3. The molecule has 0 fully saturated rings. The molecule has 1 N–H and O–H groups in total. The summed E-state index contributed by atoms with van der Waals surface area (Å²) in [5, 5.41) is 0. The van der Waals surface area contributed by atoms with Crippen molar-refractivity contribution in [2.24, 2.45) is 0 Å². The summed E-state index contributed by atoms with van der Waals surface area (Å²) in [7, 11) is 5.24. The van der Waals surface area contributed by atoms with Gasteiger partial charge in [0, 0.05) is 27.3 Å². The average Bonchev–Trinajstić information content (AvgIpc) is 2.95. The van der Waals surface area contributed by atoms with Crippen LogP contribution in [0.25, 0.3) is 11.0 Å². The van der Waals surface area contributed by atoms with Gasteiger partial charge in [0.2, 0.25) is 0 Å². The molecule has 0 atom stereocenters. The Morgan fingerprint density at radius 1 is 1.25 bits per heavy atom. The van der Waals surface area contributed by atoms with Crippen LogP contribution in [0.2, 0.25) is 0 Å². The van der Waals surface area contributed by atoms with Crippen molar-refractivity contribution >= 4 is 22.8 Å². The van der Waals surface area contributed by atoms with Crippen molar-refractivity contribution in [2.45, 2.75) is 6.54 Å². The number of anilines is 1. The van der Waals surface area contributed by atoms with Crippen molar-refractivity contribution in [3.8, 4) is 0 Å². The van der Waals surface area contributed by atoms with Gasteiger partial charge in [-0.1, -0.05) is 0 Å². The van der Waals surface area contributed by atoms with Crippen LogP contribution in [0.3, 0.4) is 0 Å². The summed E-state index contributed by atoms with van der Waals surface area (Å²) in [5.74, 6) is 0.820. The standard InChI is InChI=1S/C17H18FN5O/c1-22(2)17(24)12-5-4-8-19-16(12)23(3)10-15-20-13-7-6-11(18)9-14(13)21-15/h4-9H,10H2,1-3H3,(H,20,21). The number of hydrogen-bond donors (Lipinski definition) is 1. The minimum Gasteiger partial charge on any atom is -0.352 e. The quantitative estimate of drug-likeness (QED) is 0.799. The molecule has 0 spiro atoms. The molecule has 0 aliphatic heterocycles. The minimum absolute atomic E-state index is 0.114. The highest BCUT2D eigenvalue weighted by atomic mass is 19.1. The van der Waals surface area contributed by atoms with Gasteiger partial charge in [-0.2, -0.15) is 0 Å². The van der Waals surface area contributed by atoms with Gasteiger partial charge in [0.05, 0.1) is 23.1 Å². The number of hydrogen-bond acceptors (Lipinski definition) is 4. The Morgan fingerprint density at radius 3 is 2.79 bits per heavy atom. The van der Waals surface area contributed by atoms with Crippen LogP contribution in [-0.2, 0) is 6.54 Å². The van der Waals surface area contributed by atoms with Crippen LogP contribution in [-0.4, -0.2) is 46.9 Å². The second-order valence-electron chi connectivity index (χ2n) is 5.78. The fraction of sp³-hybridized carbons (Fsp3) is 0.235. The van der Waals surface area contributed by atoms with Gasteiger partial charge < -0.3 is 14.8 Å². The van der Waals surface area contributed by atoms with Crippen LogP contribution in [0.5, 0.6) is 0 Å². The fourth-order valence-corrected chi connectivity index (χ4v) is 2.52. The molecule has 2 heterocycles. The molecule has 1 amide bonds. The lowest BCUT2D eigenvalue weighted by atomic mass is 10.2. The molecule has 0 radical (unpaired) electrons. The first kappa shape index (κ1) is 15.9. The van der Waals surface area contributed by atoms with E-state index in [1.165, 1.54) is 17.0 Å². The number of H-pyrrole nitrogens is 1. The summed E-state index contributed by atoms with van der Waals surface area (Å²) < 4.78 is 13.3. The van der Waals surface area contributed by atoms with Gasteiger partial charge in [-0.05, 0) is 30.3 Å². The SMILES string of the molecule is CN(C)C(=O)c1cccnc1N(C)Cc1nc2ccc(F)cc2[nH]1. The number of pyridine rings is 1. The highest BCUT2D eigenvalue weighted by Gasteiger charge is 2.18. The lowest BCUT2D eigenvalue weighted by Gasteiger charge is -2.21. The zero-order valence-electron chi connectivity index (χ0n) is 13.7.